The number of ether oxygens (including phenoxy) is 3. The van der Waals surface area contributed by atoms with E-state index in [1.54, 1.807) is 39.0 Å². The molecule has 0 N–H and O–H groups in total. The van der Waals surface area contributed by atoms with E-state index in [0.717, 1.165) is 5.56 Å². The summed E-state index contributed by atoms with van der Waals surface area (Å²) in [7, 11) is 0. The molecule has 0 radical (unpaired) electrons. The Labute approximate surface area is 111 Å². The van der Waals surface area contributed by atoms with Gasteiger partial charge < -0.3 is 14.2 Å². The van der Waals surface area contributed by atoms with Gasteiger partial charge in [-0.15, -0.1) is 0 Å². The van der Waals surface area contributed by atoms with Crippen molar-refractivity contribution in [3.05, 3.63) is 23.8 Å². The summed E-state index contributed by atoms with van der Waals surface area (Å²) in [4.78, 5) is 23.2. The van der Waals surface area contributed by atoms with Crippen molar-refractivity contribution >= 4 is 11.9 Å². The molecule has 0 amide bonds. The van der Waals surface area contributed by atoms with E-state index in [4.69, 9.17) is 14.2 Å². The summed E-state index contributed by atoms with van der Waals surface area (Å²) in [6.07, 6.45) is 0.0262. The van der Waals surface area contributed by atoms with Crippen molar-refractivity contribution < 1.29 is 23.8 Å². The molecule has 1 aromatic carbocycles. The Hall–Kier alpha value is -2.04. The van der Waals surface area contributed by atoms with E-state index in [-0.39, 0.29) is 13.2 Å². The zero-order valence-corrected chi connectivity index (χ0v) is 11.2. The zero-order chi connectivity index (χ0) is 14.0. The predicted octanol–water partition coefficient (Wildman–Crippen LogP) is 2.07. The van der Waals surface area contributed by atoms with Crippen LogP contribution >= 0.6 is 0 Å². The molecule has 19 heavy (non-hydrogen) atoms. The number of hydrogen-bond acceptors (Lipinski definition) is 5. The van der Waals surface area contributed by atoms with Crippen LogP contribution in [0.3, 0.4) is 0 Å². The van der Waals surface area contributed by atoms with E-state index in [1.165, 1.54) is 0 Å². The molecular formula is C14H16O5. The Kier molecular flexibility index (Phi) is 3.46. The lowest BCUT2D eigenvalue weighted by molar-refractivity contribution is -0.165. The van der Waals surface area contributed by atoms with Crippen LogP contribution in [0.5, 0.6) is 11.5 Å². The first-order valence-corrected chi connectivity index (χ1v) is 6.00. The van der Waals surface area contributed by atoms with Gasteiger partial charge in [0.2, 0.25) is 6.79 Å². The van der Waals surface area contributed by atoms with Gasteiger partial charge in [0.1, 0.15) is 0 Å². The van der Waals surface area contributed by atoms with E-state index in [0.29, 0.717) is 11.5 Å². The van der Waals surface area contributed by atoms with Crippen LogP contribution in [0, 0.1) is 5.41 Å². The first kappa shape index (κ1) is 13.4. The maximum absolute atomic E-state index is 11.7. The summed E-state index contributed by atoms with van der Waals surface area (Å²) >= 11 is 0. The Morgan fingerprint density at radius 1 is 1.21 bits per heavy atom. The van der Waals surface area contributed by atoms with Crippen molar-refractivity contribution in [1.82, 2.24) is 0 Å². The van der Waals surface area contributed by atoms with Gasteiger partial charge in [-0.1, -0.05) is 6.07 Å². The number of carbonyl (C=O) groups is 2. The van der Waals surface area contributed by atoms with E-state index in [9.17, 15) is 9.59 Å². The van der Waals surface area contributed by atoms with Gasteiger partial charge in [0.25, 0.3) is 0 Å². The fraction of sp³-hybridized carbons (Fsp3) is 0.429. The Morgan fingerprint density at radius 3 is 2.58 bits per heavy atom. The number of hydrogen-bond donors (Lipinski definition) is 0. The third kappa shape index (κ3) is 3.24. The standard InChI is InChI=1S/C14H16O5/c1-14(2,3)13(16)19-12(15)7-9-4-5-10-11(6-9)18-8-17-10/h4-6H,7-8H2,1-3H3. The van der Waals surface area contributed by atoms with Gasteiger partial charge in [-0.2, -0.15) is 0 Å². The molecule has 1 aliphatic heterocycles. The van der Waals surface area contributed by atoms with Gasteiger partial charge >= 0.3 is 11.9 Å². The molecular weight excluding hydrogens is 248 g/mol. The van der Waals surface area contributed by atoms with Gasteiger partial charge in [0.15, 0.2) is 11.5 Å². The predicted molar refractivity (Wildman–Crippen MR) is 66.8 cm³/mol. The second kappa shape index (κ2) is 4.91. The van der Waals surface area contributed by atoms with Crippen molar-refractivity contribution in [2.24, 2.45) is 5.41 Å². The minimum atomic E-state index is -0.690. The molecule has 102 valence electrons. The maximum Gasteiger partial charge on any atom is 0.318 e. The molecule has 1 aliphatic rings. The van der Waals surface area contributed by atoms with Crippen LogP contribution in [0.25, 0.3) is 0 Å². The van der Waals surface area contributed by atoms with Gasteiger partial charge in [-0.25, -0.2) is 0 Å². The minimum Gasteiger partial charge on any atom is -0.454 e. The van der Waals surface area contributed by atoms with Gasteiger partial charge in [-0.05, 0) is 38.5 Å². The molecule has 2 rings (SSSR count). The molecule has 1 heterocycles. The van der Waals surface area contributed by atoms with Crippen LogP contribution in [-0.2, 0) is 20.7 Å². The third-order valence-corrected chi connectivity index (χ3v) is 2.60. The normalized spacial score (nSPS) is 13.2. The lowest BCUT2D eigenvalue weighted by Crippen LogP contribution is -2.26. The van der Waals surface area contributed by atoms with Crippen LogP contribution in [0.4, 0.5) is 0 Å². The van der Waals surface area contributed by atoms with Crippen molar-refractivity contribution in [2.45, 2.75) is 27.2 Å². The maximum atomic E-state index is 11.7. The second-order valence-corrected chi connectivity index (χ2v) is 5.38. The third-order valence-electron chi connectivity index (χ3n) is 2.60. The highest BCUT2D eigenvalue weighted by Gasteiger charge is 2.26. The molecule has 0 aromatic heterocycles. The van der Waals surface area contributed by atoms with Crippen LogP contribution in [0.2, 0.25) is 0 Å². The zero-order valence-electron chi connectivity index (χ0n) is 11.2. The summed E-state index contributed by atoms with van der Waals surface area (Å²) in [5.41, 5.74) is 0.0285. The number of rotatable bonds is 2. The minimum absolute atomic E-state index is 0.0262. The molecule has 5 nitrogen and oxygen atoms in total. The van der Waals surface area contributed by atoms with Crippen molar-refractivity contribution in [1.29, 1.82) is 0 Å². The second-order valence-electron chi connectivity index (χ2n) is 5.38. The molecule has 0 atom stereocenters. The molecule has 0 fully saturated rings. The summed E-state index contributed by atoms with van der Waals surface area (Å²) in [5, 5.41) is 0. The highest BCUT2D eigenvalue weighted by Crippen LogP contribution is 2.32. The molecule has 0 aliphatic carbocycles. The van der Waals surface area contributed by atoms with Crippen LogP contribution < -0.4 is 9.47 Å². The van der Waals surface area contributed by atoms with Gasteiger partial charge in [0.05, 0.1) is 11.8 Å². The number of esters is 2. The average Bonchev–Trinajstić information content (AvgIpc) is 2.74. The highest BCUT2D eigenvalue weighted by atomic mass is 16.7. The fourth-order valence-corrected chi connectivity index (χ4v) is 1.51. The summed E-state index contributed by atoms with van der Waals surface area (Å²) < 4.78 is 15.2. The fourth-order valence-electron chi connectivity index (χ4n) is 1.51. The lowest BCUT2D eigenvalue weighted by atomic mass is 9.97. The quantitative estimate of drug-likeness (QED) is 0.604. The van der Waals surface area contributed by atoms with E-state index >= 15 is 0 Å². The Bertz CT molecular complexity index is 513. The van der Waals surface area contributed by atoms with Crippen LogP contribution in [0.1, 0.15) is 26.3 Å². The number of fused-ring (bicyclic) bond motifs is 1. The molecule has 0 bridgehead atoms. The van der Waals surface area contributed by atoms with E-state index < -0.39 is 17.4 Å². The first-order chi connectivity index (χ1) is 8.86. The Balaban J connectivity index is 1.98. The van der Waals surface area contributed by atoms with Crippen LogP contribution in [0.15, 0.2) is 18.2 Å². The van der Waals surface area contributed by atoms with Crippen molar-refractivity contribution in [2.75, 3.05) is 6.79 Å². The van der Waals surface area contributed by atoms with Gasteiger partial charge in [0, 0.05) is 0 Å². The summed E-state index contributed by atoms with van der Waals surface area (Å²) in [5.74, 6) is 0.160. The molecule has 5 heteroatoms. The molecule has 0 saturated heterocycles. The van der Waals surface area contributed by atoms with Gasteiger partial charge in [-0.3, -0.25) is 9.59 Å². The largest absolute Gasteiger partial charge is 0.454 e. The smallest absolute Gasteiger partial charge is 0.318 e. The molecule has 0 spiro atoms. The molecule has 0 unspecified atom stereocenters. The van der Waals surface area contributed by atoms with Crippen molar-refractivity contribution in [3.63, 3.8) is 0 Å². The van der Waals surface area contributed by atoms with E-state index in [2.05, 4.69) is 0 Å². The SMILES string of the molecule is CC(C)(C)C(=O)OC(=O)Cc1ccc2c(c1)OCO2. The highest BCUT2D eigenvalue weighted by molar-refractivity contribution is 5.89. The van der Waals surface area contributed by atoms with Crippen LogP contribution in [-0.4, -0.2) is 18.7 Å². The van der Waals surface area contributed by atoms with Crippen molar-refractivity contribution in [3.8, 4) is 11.5 Å². The number of benzene rings is 1. The monoisotopic (exact) mass is 264 g/mol. The molecule has 1 aromatic rings. The summed E-state index contributed by atoms with van der Waals surface area (Å²) in [6.45, 7) is 5.28. The topological polar surface area (TPSA) is 61.8 Å². The molecule has 0 saturated carbocycles. The summed E-state index contributed by atoms with van der Waals surface area (Å²) in [6, 6.07) is 5.19. The first-order valence-electron chi connectivity index (χ1n) is 6.00. The average molecular weight is 264 g/mol. The number of carbonyl (C=O) groups excluding carboxylic acids is 2. The Morgan fingerprint density at radius 2 is 1.89 bits per heavy atom. The van der Waals surface area contributed by atoms with E-state index in [1.807, 2.05) is 0 Å². The lowest BCUT2D eigenvalue weighted by Gasteiger charge is -2.15.